The smallest absolute Gasteiger partial charge is 0.336 e. The standard InChI is InChI=1S/C17H16ClNO2/c18-13-8-6-12(7-9-13)11-19-10-2-4-14-15(17(20)21)3-1-5-16(14)19/h1,3,5-9H,2,4,10-11H2,(H,20,21). The highest BCUT2D eigenvalue weighted by Crippen LogP contribution is 2.31. The Balaban J connectivity index is 1.92. The molecule has 0 saturated carbocycles. The Bertz CT molecular complexity index is 667. The van der Waals surface area contributed by atoms with Gasteiger partial charge in [0.25, 0.3) is 0 Å². The normalized spacial score (nSPS) is 13.9. The monoisotopic (exact) mass is 301 g/mol. The van der Waals surface area contributed by atoms with Crippen molar-refractivity contribution in [2.75, 3.05) is 11.4 Å². The third-order valence-corrected chi connectivity index (χ3v) is 4.12. The van der Waals surface area contributed by atoms with Crippen molar-refractivity contribution in [3.63, 3.8) is 0 Å². The number of carbonyl (C=O) groups is 1. The van der Waals surface area contributed by atoms with Gasteiger partial charge in [0.1, 0.15) is 0 Å². The molecule has 0 aliphatic carbocycles. The molecule has 4 heteroatoms. The number of benzene rings is 2. The van der Waals surface area contributed by atoms with Crippen LogP contribution in [0.15, 0.2) is 42.5 Å². The number of nitrogens with zero attached hydrogens (tertiary/aromatic N) is 1. The quantitative estimate of drug-likeness (QED) is 0.932. The van der Waals surface area contributed by atoms with Crippen molar-refractivity contribution in [3.8, 4) is 0 Å². The van der Waals surface area contributed by atoms with Crippen LogP contribution in [0.5, 0.6) is 0 Å². The fourth-order valence-corrected chi connectivity index (χ4v) is 3.00. The SMILES string of the molecule is O=C(O)c1cccc2c1CCCN2Cc1ccc(Cl)cc1. The molecule has 3 nitrogen and oxygen atoms in total. The zero-order valence-corrected chi connectivity index (χ0v) is 12.3. The number of hydrogen-bond acceptors (Lipinski definition) is 2. The van der Waals surface area contributed by atoms with Crippen LogP contribution in [0, 0.1) is 0 Å². The van der Waals surface area contributed by atoms with E-state index in [0.717, 1.165) is 42.2 Å². The number of aromatic carboxylic acids is 1. The van der Waals surface area contributed by atoms with Gasteiger partial charge in [0.05, 0.1) is 5.56 Å². The summed E-state index contributed by atoms with van der Waals surface area (Å²) in [5, 5.41) is 10.0. The molecule has 0 aromatic heterocycles. The molecule has 1 aliphatic heterocycles. The van der Waals surface area contributed by atoms with Crippen LogP contribution >= 0.6 is 11.6 Å². The van der Waals surface area contributed by atoms with Crippen molar-refractivity contribution in [1.82, 2.24) is 0 Å². The first-order chi connectivity index (χ1) is 10.1. The topological polar surface area (TPSA) is 40.5 Å². The van der Waals surface area contributed by atoms with Crippen LogP contribution < -0.4 is 4.90 Å². The van der Waals surface area contributed by atoms with Crippen LogP contribution in [-0.4, -0.2) is 17.6 Å². The highest BCUT2D eigenvalue weighted by atomic mass is 35.5. The molecule has 0 fully saturated rings. The second-order valence-electron chi connectivity index (χ2n) is 5.26. The summed E-state index contributed by atoms with van der Waals surface area (Å²) in [5.74, 6) is -0.847. The van der Waals surface area contributed by atoms with Gasteiger partial charge in [-0.15, -0.1) is 0 Å². The average Bonchev–Trinajstić information content (AvgIpc) is 2.49. The van der Waals surface area contributed by atoms with E-state index in [2.05, 4.69) is 4.90 Å². The van der Waals surface area contributed by atoms with Gasteiger partial charge < -0.3 is 10.0 Å². The lowest BCUT2D eigenvalue weighted by Gasteiger charge is -2.32. The second-order valence-corrected chi connectivity index (χ2v) is 5.70. The van der Waals surface area contributed by atoms with Gasteiger partial charge in [0.2, 0.25) is 0 Å². The Morgan fingerprint density at radius 1 is 1.19 bits per heavy atom. The Kier molecular flexibility index (Phi) is 3.84. The minimum absolute atomic E-state index is 0.424. The Hall–Kier alpha value is -2.00. The van der Waals surface area contributed by atoms with Gasteiger partial charge in [-0.05, 0) is 48.2 Å². The van der Waals surface area contributed by atoms with Crippen LogP contribution in [0.1, 0.15) is 27.9 Å². The number of rotatable bonds is 3. The van der Waals surface area contributed by atoms with Crippen LogP contribution in [0.4, 0.5) is 5.69 Å². The average molecular weight is 302 g/mol. The molecule has 0 unspecified atom stereocenters. The predicted octanol–water partition coefficient (Wildman–Crippen LogP) is 3.99. The van der Waals surface area contributed by atoms with Gasteiger partial charge in [-0.1, -0.05) is 29.8 Å². The maximum absolute atomic E-state index is 11.3. The molecule has 1 heterocycles. The van der Waals surface area contributed by atoms with Crippen LogP contribution in [0.2, 0.25) is 5.02 Å². The summed E-state index contributed by atoms with van der Waals surface area (Å²) in [5.41, 5.74) is 3.59. The highest BCUT2D eigenvalue weighted by Gasteiger charge is 2.21. The first kappa shape index (κ1) is 14.0. The molecule has 2 aromatic carbocycles. The molecule has 0 spiro atoms. The van der Waals surface area contributed by atoms with Crippen molar-refractivity contribution in [1.29, 1.82) is 0 Å². The summed E-state index contributed by atoms with van der Waals surface area (Å²) < 4.78 is 0. The third kappa shape index (κ3) is 2.88. The number of halogens is 1. The summed E-state index contributed by atoms with van der Waals surface area (Å²) in [4.78, 5) is 13.6. The first-order valence-corrected chi connectivity index (χ1v) is 7.37. The zero-order valence-electron chi connectivity index (χ0n) is 11.6. The Morgan fingerprint density at radius 3 is 2.67 bits per heavy atom. The van der Waals surface area contributed by atoms with Gasteiger partial charge in [-0.2, -0.15) is 0 Å². The lowest BCUT2D eigenvalue weighted by Crippen LogP contribution is -2.29. The Morgan fingerprint density at radius 2 is 1.95 bits per heavy atom. The fourth-order valence-electron chi connectivity index (χ4n) is 2.88. The molecule has 3 rings (SSSR count). The molecular weight excluding hydrogens is 286 g/mol. The lowest BCUT2D eigenvalue weighted by molar-refractivity contribution is 0.0695. The maximum Gasteiger partial charge on any atom is 0.336 e. The third-order valence-electron chi connectivity index (χ3n) is 3.86. The van der Waals surface area contributed by atoms with Crippen molar-refractivity contribution in [2.24, 2.45) is 0 Å². The molecule has 0 amide bonds. The van der Waals surface area contributed by atoms with Gasteiger partial charge in [0.15, 0.2) is 0 Å². The van der Waals surface area contributed by atoms with Crippen molar-refractivity contribution < 1.29 is 9.90 Å². The summed E-state index contributed by atoms with van der Waals surface area (Å²) >= 11 is 5.91. The number of carboxylic acid groups (broad SMARTS) is 1. The van der Waals surface area contributed by atoms with E-state index in [9.17, 15) is 9.90 Å². The van der Waals surface area contributed by atoms with E-state index in [1.807, 2.05) is 36.4 Å². The first-order valence-electron chi connectivity index (χ1n) is 7.00. The fraction of sp³-hybridized carbons (Fsp3) is 0.235. The van der Waals surface area contributed by atoms with E-state index in [4.69, 9.17) is 11.6 Å². The molecule has 1 N–H and O–H groups in total. The minimum Gasteiger partial charge on any atom is -0.478 e. The van der Waals surface area contributed by atoms with E-state index >= 15 is 0 Å². The molecule has 1 aliphatic rings. The predicted molar refractivity (Wildman–Crippen MR) is 84.2 cm³/mol. The molecule has 0 bridgehead atoms. The number of anilines is 1. The van der Waals surface area contributed by atoms with Crippen LogP contribution in [-0.2, 0) is 13.0 Å². The molecule has 2 aromatic rings. The van der Waals surface area contributed by atoms with Crippen molar-refractivity contribution in [3.05, 3.63) is 64.2 Å². The summed E-state index contributed by atoms with van der Waals surface area (Å²) in [6.45, 7) is 1.71. The maximum atomic E-state index is 11.3. The summed E-state index contributed by atoms with van der Waals surface area (Å²) in [7, 11) is 0. The van der Waals surface area contributed by atoms with E-state index in [1.54, 1.807) is 6.07 Å². The van der Waals surface area contributed by atoms with Crippen molar-refractivity contribution in [2.45, 2.75) is 19.4 Å². The number of hydrogen-bond donors (Lipinski definition) is 1. The molecule has 21 heavy (non-hydrogen) atoms. The highest BCUT2D eigenvalue weighted by molar-refractivity contribution is 6.30. The molecular formula is C17H16ClNO2. The van der Waals surface area contributed by atoms with E-state index in [-0.39, 0.29) is 0 Å². The number of carboxylic acids is 1. The zero-order chi connectivity index (χ0) is 14.8. The molecule has 0 atom stereocenters. The second kappa shape index (κ2) is 5.78. The molecule has 108 valence electrons. The van der Waals surface area contributed by atoms with Crippen LogP contribution in [0.3, 0.4) is 0 Å². The van der Waals surface area contributed by atoms with E-state index in [1.165, 1.54) is 5.56 Å². The lowest BCUT2D eigenvalue weighted by atomic mass is 9.96. The summed E-state index contributed by atoms with van der Waals surface area (Å²) in [6.07, 6.45) is 1.81. The van der Waals surface area contributed by atoms with Gasteiger partial charge in [0, 0.05) is 23.8 Å². The largest absolute Gasteiger partial charge is 0.478 e. The molecule has 0 radical (unpaired) electrons. The summed E-state index contributed by atoms with van der Waals surface area (Å²) in [6, 6.07) is 13.3. The Labute approximate surface area is 128 Å². The number of fused-ring (bicyclic) bond motifs is 1. The van der Waals surface area contributed by atoms with E-state index < -0.39 is 5.97 Å². The van der Waals surface area contributed by atoms with Crippen LogP contribution in [0.25, 0.3) is 0 Å². The van der Waals surface area contributed by atoms with Gasteiger partial charge in [-0.3, -0.25) is 0 Å². The van der Waals surface area contributed by atoms with Crippen molar-refractivity contribution >= 4 is 23.3 Å². The van der Waals surface area contributed by atoms with Gasteiger partial charge >= 0.3 is 5.97 Å². The van der Waals surface area contributed by atoms with E-state index in [0.29, 0.717) is 5.56 Å². The van der Waals surface area contributed by atoms with Gasteiger partial charge in [-0.25, -0.2) is 4.79 Å². The molecule has 0 saturated heterocycles. The minimum atomic E-state index is -0.847.